The molecule has 1 unspecified atom stereocenters. The lowest BCUT2D eigenvalue weighted by Crippen LogP contribution is -2.22. The topological polar surface area (TPSA) is 29.5 Å². The fourth-order valence-electron chi connectivity index (χ4n) is 7.93. The summed E-state index contributed by atoms with van der Waals surface area (Å²) in [7, 11) is 0. The summed E-state index contributed by atoms with van der Waals surface area (Å²) < 4.78 is 13.3. The predicted molar refractivity (Wildman–Crippen MR) is 176 cm³/mol. The maximum Gasteiger partial charge on any atom is 0.159 e. The van der Waals surface area contributed by atoms with Crippen molar-refractivity contribution in [3.05, 3.63) is 132 Å². The quantitative estimate of drug-likeness (QED) is 0.213. The minimum absolute atomic E-state index is 0.378. The van der Waals surface area contributed by atoms with E-state index >= 15 is 0 Å². The minimum Gasteiger partial charge on any atom is -0.456 e. The van der Waals surface area contributed by atoms with E-state index in [0.717, 1.165) is 35.2 Å². The van der Waals surface area contributed by atoms with Crippen molar-refractivity contribution in [3.63, 3.8) is 0 Å². The van der Waals surface area contributed by atoms with Gasteiger partial charge in [-0.25, -0.2) is 0 Å². The molecule has 0 aliphatic carbocycles. The van der Waals surface area contributed by atoms with E-state index in [0.29, 0.717) is 6.04 Å². The molecule has 8 aromatic rings. The second-order valence-corrected chi connectivity index (χ2v) is 12.1. The van der Waals surface area contributed by atoms with Gasteiger partial charge in [0, 0.05) is 33.3 Å². The van der Waals surface area contributed by atoms with Gasteiger partial charge in [-0.05, 0) is 83.0 Å². The molecule has 0 fully saturated rings. The summed E-state index contributed by atoms with van der Waals surface area (Å²) in [6.45, 7) is 2.24. The van der Waals surface area contributed by atoms with E-state index in [1.807, 2.05) is 0 Å². The largest absolute Gasteiger partial charge is 0.456 e. The van der Waals surface area contributed by atoms with Crippen molar-refractivity contribution in [2.75, 3.05) is 4.90 Å². The molecule has 43 heavy (non-hydrogen) atoms. The number of rotatable bonds is 2. The van der Waals surface area contributed by atoms with Gasteiger partial charge in [0.1, 0.15) is 16.7 Å². The van der Waals surface area contributed by atoms with Crippen molar-refractivity contribution in [3.8, 4) is 22.3 Å². The Morgan fingerprint density at radius 1 is 0.581 bits per heavy atom. The van der Waals surface area contributed by atoms with E-state index in [1.54, 1.807) is 0 Å². The Kier molecular flexibility index (Phi) is 4.55. The number of hydrogen-bond donors (Lipinski definition) is 0. The van der Waals surface area contributed by atoms with Crippen molar-refractivity contribution in [1.82, 2.24) is 0 Å². The molecule has 0 amide bonds. The third-order valence-electron chi connectivity index (χ3n) is 9.66. The Hall–Kier alpha value is -5.28. The molecule has 204 valence electrons. The molecular weight excluding hydrogens is 526 g/mol. The standard InChI is InChI=1S/C40H27NO2/c1-23-18-27-20-28-19-26-21-35-31(37-29(14-8-16-33(37)42-35)24-10-4-2-5-11-24)22-32(26)41(28)39(27)40-36(23)38-30(15-9-17-34(38)43-40)25-12-6-3-7-13-25/h2-18,21-22,28H,19-20H2,1H3. The van der Waals surface area contributed by atoms with Crippen LogP contribution in [0.1, 0.15) is 16.7 Å². The highest BCUT2D eigenvalue weighted by Gasteiger charge is 2.40. The number of nitrogens with zero attached hydrogens (tertiary/aromatic N) is 1. The maximum atomic E-state index is 6.82. The zero-order valence-corrected chi connectivity index (χ0v) is 23.7. The molecule has 6 aromatic carbocycles. The van der Waals surface area contributed by atoms with Crippen molar-refractivity contribution in [2.45, 2.75) is 25.8 Å². The second-order valence-electron chi connectivity index (χ2n) is 12.1. The molecule has 0 saturated carbocycles. The van der Waals surface area contributed by atoms with Crippen LogP contribution in [0.25, 0.3) is 66.1 Å². The van der Waals surface area contributed by atoms with Gasteiger partial charge in [-0.3, -0.25) is 0 Å². The summed E-state index contributed by atoms with van der Waals surface area (Å²) in [6, 6.07) is 41.6. The normalized spacial score (nSPS) is 15.6. The Bertz CT molecular complexity index is 2410. The fourth-order valence-corrected chi connectivity index (χ4v) is 7.93. The Morgan fingerprint density at radius 3 is 1.95 bits per heavy atom. The van der Waals surface area contributed by atoms with Crippen molar-refractivity contribution in [2.24, 2.45) is 0 Å². The van der Waals surface area contributed by atoms with Gasteiger partial charge in [0.25, 0.3) is 0 Å². The molecule has 10 rings (SSSR count). The minimum atomic E-state index is 0.378. The molecule has 4 heterocycles. The van der Waals surface area contributed by atoms with Gasteiger partial charge in [0.15, 0.2) is 5.58 Å². The molecule has 0 radical (unpaired) electrons. The van der Waals surface area contributed by atoms with Crippen LogP contribution >= 0.6 is 0 Å². The first-order valence-corrected chi connectivity index (χ1v) is 15.1. The van der Waals surface area contributed by atoms with Crippen LogP contribution in [0.15, 0.2) is 124 Å². The summed E-state index contributed by atoms with van der Waals surface area (Å²) >= 11 is 0. The average molecular weight is 554 g/mol. The highest BCUT2D eigenvalue weighted by molar-refractivity contribution is 6.18. The zero-order valence-electron chi connectivity index (χ0n) is 23.7. The lowest BCUT2D eigenvalue weighted by molar-refractivity contribution is 0.665. The molecule has 0 saturated heterocycles. The molecule has 2 aromatic heterocycles. The molecular formula is C40H27NO2. The third kappa shape index (κ3) is 3.14. The SMILES string of the molecule is Cc1cc2c(c3oc4cccc(-c5ccccc5)c4c13)N1c3cc4c(cc3CC1C2)oc1cccc(-c2ccccc2)c14. The maximum absolute atomic E-state index is 6.82. The second kappa shape index (κ2) is 8.39. The lowest BCUT2D eigenvalue weighted by Gasteiger charge is -2.21. The average Bonchev–Trinajstić information content (AvgIpc) is 3.79. The van der Waals surface area contributed by atoms with E-state index in [1.165, 1.54) is 71.9 Å². The van der Waals surface area contributed by atoms with E-state index in [2.05, 4.69) is 127 Å². The van der Waals surface area contributed by atoms with Crippen LogP contribution in [-0.2, 0) is 12.8 Å². The predicted octanol–water partition coefficient (Wildman–Crippen LogP) is 10.7. The highest BCUT2D eigenvalue weighted by atomic mass is 16.3. The van der Waals surface area contributed by atoms with Crippen molar-refractivity contribution >= 4 is 55.3 Å². The van der Waals surface area contributed by atoms with Crippen LogP contribution in [0.3, 0.4) is 0 Å². The van der Waals surface area contributed by atoms with E-state index in [4.69, 9.17) is 8.83 Å². The number of benzene rings is 6. The highest BCUT2D eigenvalue weighted by Crippen LogP contribution is 2.53. The molecule has 3 nitrogen and oxygen atoms in total. The van der Waals surface area contributed by atoms with Crippen LogP contribution in [0.4, 0.5) is 11.4 Å². The fraction of sp³-hybridized carbons (Fsp3) is 0.100. The van der Waals surface area contributed by atoms with Gasteiger partial charge >= 0.3 is 0 Å². The monoisotopic (exact) mass is 553 g/mol. The first-order chi connectivity index (χ1) is 21.2. The molecule has 0 N–H and O–H groups in total. The summed E-state index contributed by atoms with van der Waals surface area (Å²) in [4.78, 5) is 2.57. The molecule has 0 bridgehead atoms. The van der Waals surface area contributed by atoms with Crippen LogP contribution < -0.4 is 4.90 Å². The number of hydrogen-bond acceptors (Lipinski definition) is 3. The van der Waals surface area contributed by atoms with E-state index in [9.17, 15) is 0 Å². The van der Waals surface area contributed by atoms with Gasteiger partial charge < -0.3 is 13.7 Å². The summed E-state index contributed by atoms with van der Waals surface area (Å²) in [6.07, 6.45) is 2.01. The van der Waals surface area contributed by atoms with Crippen LogP contribution in [0.2, 0.25) is 0 Å². The van der Waals surface area contributed by atoms with E-state index < -0.39 is 0 Å². The summed E-state index contributed by atoms with van der Waals surface area (Å²) in [5.74, 6) is 0. The van der Waals surface area contributed by atoms with Crippen LogP contribution in [0, 0.1) is 6.92 Å². The number of furan rings is 2. The molecule has 2 aliphatic heterocycles. The Morgan fingerprint density at radius 2 is 1.23 bits per heavy atom. The van der Waals surface area contributed by atoms with Gasteiger partial charge in [0.2, 0.25) is 0 Å². The van der Waals surface area contributed by atoms with Crippen molar-refractivity contribution in [1.29, 1.82) is 0 Å². The lowest BCUT2D eigenvalue weighted by atomic mass is 9.95. The number of anilines is 2. The first-order valence-electron chi connectivity index (χ1n) is 15.1. The number of aryl methyl sites for hydroxylation is 1. The van der Waals surface area contributed by atoms with Gasteiger partial charge in [-0.15, -0.1) is 0 Å². The van der Waals surface area contributed by atoms with Gasteiger partial charge in [-0.2, -0.15) is 0 Å². The molecule has 1 atom stereocenters. The van der Waals surface area contributed by atoms with Gasteiger partial charge in [0.05, 0.1) is 5.69 Å². The first kappa shape index (κ1) is 23.3. The zero-order chi connectivity index (χ0) is 28.2. The third-order valence-corrected chi connectivity index (χ3v) is 9.66. The molecule has 3 heteroatoms. The Balaban J connectivity index is 1.23. The summed E-state index contributed by atoms with van der Waals surface area (Å²) in [5.41, 5.74) is 15.2. The van der Waals surface area contributed by atoms with E-state index in [-0.39, 0.29) is 0 Å². The smallest absolute Gasteiger partial charge is 0.159 e. The Labute approximate surface area is 248 Å². The number of fused-ring (bicyclic) bond motifs is 12. The van der Waals surface area contributed by atoms with Crippen molar-refractivity contribution < 1.29 is 8.83 Å². The molecule has 0 spiro atoms. The molecule has 2 aliphatic rings. The van der Waals surface area contributed by atoms with Gasteiger partial charge in [-0.1, -0.05) is 91.0 Å². The van der Waals surface area contributed by atoms with Crippen LogP contribution in [0.5, 0.6) is 0 Å². The van der Waals surface area contributed by atoms with Crippen LogP contribution in [-0.4, -0.2) is 6.04 Å². The summed E-state index contributed by atoms with van der Waals surface area (Å²) in [5, 5.41) is 4.78.